The summed E-state index contributed by atoms with van der Waals surface area (Å²) in [5, 5.41) is 16.2. The number of hydrogen-bond donors (Lipinski definition) is 3. The number of rotatable bonds is 0. The van der Waals surface area contributed by atoms with E-state index in [1.807, 2.05) is 0 Å². The van der Waals surface area contributed by atoms with Gasteiger partial charge in [0.05, 0.1) is 0 Å². The molecule has 0 radical (unpaired) electrons. The van der Waals surface area contributed by atoms with Gasteiger partial charge in [0.2, 0.25) is 18.2 Å². The van der Waals surface area contributed by atoms with Crippen LogP contribution in [0.15, 0.2) is 0 Å². The maximum absolute atomic E-state index is 8.35. The fourth-order valence-electron chi connectivity index (χ4n) is 0. The Balaban J connectivity index is -0.0000000301. The van der Waals surface area contributed by atoms with Gasteiger partial charge in [-0.2, -0.15) is 0 Å². The summed E-state index contributed by atoms with van der Waals surface area (Å²) < 4.78 is 8.17. The van der Waals surface area contributed by atoms with E-state index >= 15 is 0 Å². The van der Waals surface area contributed by atoms with Gasteiger partial charge in [-0.3, -0.25) is 0 Å². The van der Waals surface area contributed by atoms with E-state index in [2.05, 4.69) is 0 Å². The third-order valence-electron chi connectivity index (χ3n) is 0. The van der Waals surface area contributed by atoms with E-state index in [9.17, 15) is 0 Å². The Labute approximate surface area is 63.6 Å². The molecule has 0 aromatic rings. The number of hydrogen-bond acceptors (Lipinski definition) is 7. The predicted octanol–water partition coefficient (Wildman–Crippen LogP) is -0.0901. The van der Waals surface area contributed by atoms with E-state index in [4.69, 9.17) is 35.2 Å². The molecule has 0 amide bonds. The molecule has 7 nitrogen and oxygen atoms in total. The molecule has 0 aliphatic carbocycles. The lowest BCUT2D eigenvalue weighted by Crippen LogP contribution is -1.16. The molecule has 11 heavy (non-hydrogen) atoms. The predicted molar refractivity (Wildman–Crippen MR) is 35.6 cm³/mol. The van der Waals surface area contributed by atoms with Crippen LogP contribution < -0.4 is 0 Å². The molecule has 0 aliphatic rings. The summed E-state index contributed by atoms with van der Waals surface area (Å²) in [6.45, 7) is 0. The van der Waals surface area contributed by atoms with Gasteiger partial charge in [-0.1, -0.05) is 4.57 Å². The van der Waals surface area contributed by atoms with Crippen LogP contribution in [0, 0.1) is 16.2 Å². The minimum Gasteiger partial charge on any atom is -0.222 e. The molecule has 0 spiro atoms. The van der Waals surface area contributed by atoms with Crippen molar-refractivity contribution in [3.8, 4) is 0 Å². The quantitative estimate of drug-likeness (QED) is 0.270. The van der Waals surface area contributed by atoms with Crippen molar-refractivity contribution in [3.05, 3.63) is 0 Å². The van der Waals surface area contributed by atoms with Gasteiger partial charge in [0.15, 0.2) is 0 Å². The first-order valence-electron chi connectivity index (χ1n) is 1.60. The highest BCUT2D eigenvalue weighted by Gasteiger charge is 1.04. The van der Waals surface area contributed by atoms with Gasteiger partial charge in [-0.25, -0.2) is 30.6 Å². The van der Waals surface area contributed by atoms with Crippen molar-refractivity contribution in [2.45, 2.75) is 0 Å². The Morgan fingerprint density at radius 3 is 0.727 bits per heavy atom. The molecule has 0 aromatic heterocycles. The van der Waals surface area contributed by atoms with Crippen LogP contribution in [0.1, 0.15) is 0 Å². The van der Waals surface area contributed by atoms with Crippen molar-refractivity contribution in [1.29, 1.82) is 16.2 Å². The largest absolute Gasteiger partial charge is 0.310 e. The minimum atomic E-state index is 0.750. The van der Waals surface area contributed by atoms with Crippen LogP contribution in [-0.4, -0.2) is 18.2 Å². The van der Waals surface area contributed by atoms with E-state index in [-0.39, 0.29) is 0 Å². The SMILES string of the molecule is N=C=O.N=C=O.N=C=O.O=[PH2+]. The standard InChI is InChI=1S/3CHNO.H2OP/c3*2-1-3;1-2/h3*2H;2H2/q;;;+1. The highest BCUT2D eigenvalue weighted by atomic mass is 31.0. The van der Waals surface area contributed by atoms with Gasteiger partial charge in [-0.15, -0.1) is 0 Å². The third-order valence-corrected chi connectivity index (χ3v) is 0. The summed E-state index contributed by atoms with van der Waals surface area (Å²) in [4.78, 5) is 25.0. The second kappa shape index (κ2) is 281. The minimum absolute atomic E-state index is 0.750. The van der Waals surface area contributed by atoms with Crippen molar-refractivity contribution in [2.75, 3.05) is 0 Å². The van der Waals surface area contributed by atoms with Crippen molar-refractivity contribution in [3.63, 3.8) is 0 Å². The van der Waals surface area contributed by atoms with Crippen LogP contribution in [-0.2, 0) is 18.9 Å². The molecular weight excluding hydrogens is 173 g/mol. The first-order chi connectivity index (χ1) is 5.24. The van der Waals surface area contributed by atoms with Crippen LogP contribution in [0.5, 0.6) is 0 Å². The molecule has 3 N–H and O–H groups in total. The van der Waals surface area contributed by atoms with Gasteiger partial charge < -0.3 is 0 Å². The van der Waals surface area contributed by atoms with Crippen molar-refractivity contribution in [2.24, 2.45) is 0 Å². The summed E-state index contributed by atoms with van der Waals surface area (Å²) in [6, 6.07) is 0. The lowest BCUT2D eigenvalue weighted by molar-refractivity contribution is 0.562. The normalized spacial score (nSPS) is 2.55. The molecule has 0 heterocycles. The first kappa shape index (κ1) is 22.8. The number of isocyanates is 3. The van der Waals surface area contributed by atoms with Crippen molar-refractivity contribution < 1.29 is 18.9 Å². The molecule has 60 valence electrons. The van der Waals surface area contributed by atoms with Crippen LogP contribution >= 0.6 is 9.12 Å². The van der Waals surface area contributed by atoms with Gasteiger partial charge in [0.1, 0.15) is 0 Å². The number of carbonyl (C=O) groups excluding carboxylic acids is 3. The van der Waals surface area contributed by atoms with Crippen LogP contribution in [0.3, 0.4) is 0 Å². The molecule has 0 saturated carbocycles. The van der Waals surface area contributed by atoms with Gasteiger partial charge >= 0.3 is 9.12 Å². The molecule has 0 rings (SSSR count). The zero-order chi connectivity index (χ0) is 10.1. The number of nitrogens with one attached hydrogen (secondary N) is 3. The van der Waals surface area contributed by atoms with Crippen LogP contribution in [0.2, 0.25) is 0 Å². The second-order valence-corrected chi connectivity index (χ2v) is 0.306. The van der Waals surface area contributed by atoms with Crippen molar-refractivity contribution in [1.82, 2.24) is 0 Å². The summed E-state index contributed by atoms with van der Waals surface area (Å²) in [5.41, 5.74) is 0. The lowest BCUT2D eigenvalue weighted by Gasteiger charge is -1.02. The van der Waals surface area contributed by atoms with E-state index in [0.29, 0.717) is 0 Å². The average Bonchev–Trinajstić information content (AvgIpc) is 1.96. The molecule has 0 aromatic carbocycles. The summed E-state index contributed by atoms with van der Waals surface area (Å²) in [5.74, 6) is 0. The Kier molecular flexibility index (Phi) is 583. The second-order valence-electron chi connectivity index (χ2n) is 0.306. The van der Waals surface area contributed by atoms with E-state index in [0.717, 1.165) is 18.2 Å². The first-order valence-corrected chi connectivity index (χ1v) is 2.07. The zero-order valence-electron chi connectivity index (χ0n) is 5.21. The molecule has 0 saturated heterocycles. The highest BCUT2D eigenvalue weighted by Crippen LogP contribution is 1.23. The maximum Gasteiger partial charge on any atom is 0.310 e. The van der Waals surface area contributed by atoms with Crippen LogP contribution in [0.25, 0.3) is 0 Å². The fourth-order valence-corrected chi connectivity index (χ4v) is 0. The molecular formula is C3H5N3O4P+. The van der Waals surface area contributed by atoms with Gasteiger partial charge in [0.25, 0.3) is 0 Å². The lowest BCUT2D eigenvalue weighted by atomic mass is 11.7. The summed E-state index contributed by atoms with van der Waals surface area (Å²) in [7, 11) is 1.17. The van der Waals surface area contributed by atoms with E-state index in [1.165, 1.54) is 9.12 Å². The molecule has 0 aliphatic heterocycles. The topological polar surface area (TPSA) is 140 Å². The third kappa shape index (κ3) is 104. The molecule has 0 fully saturated rings. The smallest absolute Gasteiger partial charge is 0.222 e. The fraction of sp³-hybridized carbons (Fsp3) is 0. The van der Waals surface area contributed by atoms with Crippen molar-refractivity contribution >= 4 is 27.4 Å². The Morgan fingerprint density at radius 2 is 0.727 bits per heavy atom. The van der Waals surface area contributed by atoms with E-state index in [1.54, 1.807) is 0 Å². The Morgan fingerprint density at radius 1 is 0.727 bits per heavy atom. The molecule has 1 unspecified atom stereocenters. The van der Waals surface area contributed by atoms with Crippen LogP contribution in [0.4, 0.5) is 0 Å². The Bertz CT molecular complexity index is 123. The zero-order valence-corrected chi connectivity index (χ0v) is 6.37. The molecule has 1 atom stereocenters. The maximum atomic E-state index is 8.35. The summed E-state index contributed by atoms with van der Waals surface area (Å²) in [6.07, 6.45) is 2.25. The average molecular weight is 178 g/mol. The van der Waals surface area contributed by atoms with E-state index < -0.39 is 0 Å². The summed E-state index contributed by atoms with van der Waals surface area (Å²) >= 11 is 0. The Hall–Kier alpha value is -1.76. The molecule has 8 heteroatoms. The monoisotopic (exact) mass is 178 g/mol. The van der Waals surface area contributed by atoms with Gasteiger partial charge in [-0.05, 0) is 0 Å². The van der Waals surface area contributed by atoms with Gasteiger partial charge in [0, 0.05) is 0 Å². The highest BCUT2D eigenvalue weighted by molar-refractivity contribution is 7.00. The molecule has 0 bridgehead atoms.